The van der Waals surface area contributed by atoms with Crippen LogP contribution >= 0.6 is 0 Å². The summed E-state index contributed by atoms with van der Waals surface area (Å²) in [5.41, 5.74) is 1.85. The highest BCUT2D eigenvalue weighted by atomic mass is 16.6. The zero-order valence-electron chi connectivity index (χ0n) is 11.4. The van der Waals surface area contributed by atoms with Crippen molar-refractivity contribution in [1.29, 1.82) is 0 Å². The van der Waals surface area contributed by atoms with Crippen molar-refractivity contribution in [3.63, 3.8) is 0 Å². The SMILES string of the molecule is Cn1nc([N+](=O)[O-])nc1OCc1nc2ccccc2n1C. The maximum atomic E-state index is 10.6. The van der Waals surface area contributed by atoms with Crippen LogP contribution in [0.1, 0.15) is 5.82 Å². The molecule has 0 saturated carbocycles. The van der Waals surface area contributed by atoms with E-state index in [1.165, 1.54) is 11.7 Å². The zero-order valence-corrected chi connectivity index (χ0v) is 11.4. The highest BCUT2D eigenvalue weighted by molar-refractivity contribution is 5.75. The summed E-state index contributed by atoms with van der Waals surface area (Å²) in [4.78, 5) is 18.1. The Hall–Kier alpha value is -2.97. The van der Waals surface area contributed by atoms with E-state index in [2.05, 4.69) is 15.1 Å². The molecule has 0 spiro atoms. The second-order valence-electron chi connectivity index (χ2n) is 4.44. The Labute approximate surface area is 118 Å². The Kier molecular flexibility index (Phi) is 3.01. The molecule has 108 valence electrons. The van der Waals surface area contributed by atoms with Crippen molar-refractivity contribution < 1.29 is 9.66 Å². The molecule has 1 aromatic carbocycles. The molecule has 3 rings (SSSR count). The normalized spacial score (nSPS) is 11.0. The van der Waals surface area contributed by atoms with Crippen molar-refractivity contribution in [3.05, 3.63) is 40.2 Å². The third kappa shape index (κ3) is 2.29. The Morgan fingerprint density at radius 3 is 2.71 bits per heavy atom. The lowest BCUT2D eigenvalue weighted by atomic mass is 10.3. The van der Waals surface area contributed by atoms with E-state index in [1.54, 1.807) is 0 Å². The molecule has 3 aromatic rings. The Morgan fingerprint density at radius 2 is 2.05 bits per heavy atom. The lowest BCUT2D eigenvalue weighted by molar-refractivity contribution is -0.394. The fourth-order valence-electron chi connectivity index (χ4n) is 2.01. The van der Waals surface area contributed by atoms with Crippen molar-refractivity contribution in [1.82, 2.24) is 24.3 Å². The molecule has 0 radical (unpaired) electrons. The average Bonchev–Trinajstić information content (AvgIpc) is 2.99. The first-order valence-corrected chi connectivity index (χ1v) is 6.15. The number of aromatic nitrogens is 5. The van der Waals surface area contributed by atoms with Gasteiger partial charge in [-0.1, -0.05) is 12.1 Å². The van der Waals surface area contributed by atoms with Crippen LogP contribution in [0.4, 0.5) is 5.95 Å². The lowest BCUT2D eigenvalue weighted by Gasteiger charge is -2.02. The van der Waals surface area contributed by atoms with E-state index in [0.29, 0.717) is 5.82 Å². The maximum Gasteiger partial charge on any atom is 0.494 e. The molecule has 21 heavy (non-hydrogen) atoms. The minimum absolute atomic E-state index is 0.0776. The van der Waals surface area contributed by atoms with Gasteiger partial charge in [0.25, 0.3) is 0 Å². The van der Waals surface area contributed by atoms with Crippen LogP contribution in [0.5, 0.6) is 6.01 Å². The van der Waals surface area contributed by atoms with Gasteiger partial charge in [-0.15, -0.1) is 4.68 Å². The lowest BCUT2D eigenvalue weighted by Crippen LogP contribution is -2.06. The smallest absolute Gasteiger partial charge is 0.442 e. The summed E-state index contributed by atoms with van der Waals surface area (Å²) in [6.45, 7) is 0.148. The van der Waals surface area contributed by atoms with Gasteiger partial charge in [0, 0.05) is 12.1 Å². The van der Waals surface area contributed by atoms with Gasteiger partial charge in [0.05, 0.1) is 18.1 Å². The number of nitro groups is 1. The molecule has 0 fully saturated rings. The number of hydrogen-bond acceptors (Lipinski definition) is 6. The number of rotatable bonds is 4. The molecular weight excluding hydrogens is 276 g/mol. The molecule has 0 aliphatic heterocycles. The molecule has 0 unspecified atom stereocenters. The number of benzene rings is 1. The first-order chi connectivity index (χ1) is 10.1. The van der Waals surface area contributed by atoms with Gasteiger partial charge in [0.1, 0.15) is 5.82 Å². The number of imidazole rings is 1. The maximum absolute atomic E-state index is 10.6. The summed E-state index contributed by atoms with van der Waals surface area (Å²) in [6, 6.07) is 7.78. The predicted octanol–water partition coefficient (Wildman–Crippen LogP) is 1.19. The fraction of sp³-hybridized carbons (Fsp3) is 0.250. The van der Waals surface area contributed by atoms with Gasteiger partial charge in [-0.25, -0.2) is 4.98 Å². The van der Waals surface area contributed by atoms with Gasteiger partial charge in [-0.3, -0.25) is 0 Å². The van der Waals surface area contributed by atoms with Crippen LogP contribution in [0, 0.1) is 10.1 Å². The Morgan fingerprint density at radius 1 is 1.29 bits per heavy atom. The summed E-state index contributed by atoms with van der Waals surface area (Å²) in [6.07, 6.45) is 0. The summed E-state index contributed by atoms with van der Waals surface area (Å²) in [5.74, 6) is 0.208. The van der Waals surface area contributed by atoms with Gasteiger partial charge >= 0.3 is 12.0 Å². The van der Waals surface area contributed by atoms with Crippen LogP contribution in [0.15, 0.2) is 24.3 Å². The minimum Gasteiger partial charge on any atom is -0.442 e. The van der Waals surface area contributed by atoms with Crippen LogP contribution < -0.4 is 4.74 Å². The highest BCUT2D eigenvalue weighted by Crippen LogP contribution is 2.17. The second kappa shape index (κ2) is 4.85. The van der Waals surface area contributed by atoms with E-state index >= 15 is 0 Å². The second-order valence-corrected chi connectivity index (χ2v) is 4.44. The molecule has 0 bridgehead atoms. The van der Waals surface area contributed by atoms with Crippen molar-refractivity contribution in [2.45, 2.75) is 6.61 Å². The largest absolute Gasteiger partial charge is 0.494 e. The molecule has 0 N–H and O–H groups in total. The molecule has 9 heteroatoms. The van der Waals surface area contributed by atoms with Crippen LogP contribution in [0.3, 0.4) is 0 Å². The standard InChI is InChI=1S/C12H12N6O3/c1-16-9-6-4-3-5-8(9)13-10(16)7-21-12-14-11(18(19)20)15-17(12)2/h3-6H,7H2,1-2H3. The number of para-hydroxylation sites is 2. The summed E-state index contributed by atoms with van der Waals surface area (Å²) in [5, 5.41) is 14.2. The monoisotopic (exact) mass is 288 g/mol. The summed E-state index contributed by atoms with van der Waals surface area (Å²) < 4.78 is 8.59. The van der Waals surface area contributed by atoms with E-state index in [-0.39, 0.29) is 12.6 Å². The van der Waals surface area contributed by atoms with E-state index in [9.17, 15) is 10.1 Å². The Balaban J connectivity index is 1.83. The molecule has 2 aromatic heterocycles. The number of hydrogen-bond donors (Lipinski definition) is 0. The Bertz CT molecular complexity index is 822. The number of ether oxygens (including phenoxy) is 1. The minimum atomic E-state index is -0.665. The molecule has 0 amide bonds. The van der Waals surface area contributed by atoms with Crippen LogP contribution in [-0.4, -0.2) is 29.2 Å². The van der Waals surface area contributed by atoms with E-state index < -0.39 is 10.9 Å². The molecular formula is C12H12N6O3. The van der Waals surface area contributed by atoms with E-state index in [4.69, 9.17) is 4.74 Å². The van der Waals surface area contributed by atoms with Crippen LogP contribution in [0.25, 0.3) is 11.0 Å². The topological polar surface area (TPSA) is 101 Å². The van der Waals surface area contributed by atoms with Crippen molar-refractivity contribution in [2.75, 3.05) is 0 Å². The number of nitrogens with zero attached hydrogens (tertiary/aromatic N) is 6. The molecule has 0 aliphatic carbocycles. The van der Waals surface area contributed by atoms with Gasteiger partial charge in [-0.2, -0.15) is 0 Å². The van der Waals surface area contributed by atoms with Crippen molar-refractivity contribution >= 4 is 17.0 Å². The molecule has 0 aliphatic rings. The van der Waals surface area contributed by atoms with Crippen molar-refractivity contribution in [3.8, 4) is 6.01 Å². The van der Waals surface area contributed by atoms with Gasteiger partial charge in [0.2, 0.25) is 0 Å². The van der Waals surface area contributed by atoms with E-state index in [0.717, 1.165) is 11.0 Å². The fourth-order valence-corrected chi connectivity index (χ4v) is 2.01. The zero-order chi connectivity index (χ0) is 15.0. The number of aryl methyl sites for hydroxylation is 2. The first-order valence-electron chi connectivity index (χ1n) is 6.15. The van der Waals surface area contributed by atoms with Crippen molar-refractivity contribution in [2.24, 2.45) is 14.1 Å². The van der Waals surface area contributed by atoms with Crippen LogP contribution in [0.2, 0.25) is 0 Å². The molecule has 9 nitrogen and oxygen atoms in total. The van der Waals surface area contributed by atoms with Crippen LogP contribution in [-0.2, 0) is 20.7 Å². The van der Waals surface area contributed by atoms with Gasteiger partial charge < -0.3 is 19.4 Å². The molecule has 0 saturated heterocycles. The quantitative estimate of drug-likeness (QED) is 0.528. The predicted molar refractivity (Wildman–Crippen MR) is 72.7 cm³/mol. The third-order valence-corrected chi connectivity index (χ3v) is 3.09. The summed E-state index contributed by atoms with van der Waals surface area (Å²) in [7, 11) is 3.41. The molecule has 2 heterocycles. The highest BCUT2D eigenvalue weighted by Gasteiger charge is 2.21. The average molecular weight is 288 g/mol. The summed E-state index contributed by atoms with van der Waals surface area (Å²) >= 11 is 0. The number of fused-ring (bicyclic) bond motifs is 1. The first kappa shape index (κ1) is 13.0. The molecule has 0 atom stereocenters. The van der Waals surface area contributed by atoms with E-state index in [1.807, 2.05) is 35.9 Å². The van der Waals surface area contributed by atoms with Gasteiger partial charge in [-0.05, 0) is 22.0 Å². The third-order valence-electron chi connectivity index (χ3n) is 3.09. The van der Waals surface area contributed by atoms with Gasteiger partial charge in [0.15, 0.2) is 6.61 Å².